The van der Waals surface area contributed by atoms with Gasteiger partial charge in [0.15, 0.2) is 0 Å². The van der Waals surface area contributed by atoms with Crippen LogP contribution in [0.5, 0.6) is 0 Å². The number of hydrogen-bond acceptors (Lipinski definition) is 2. The van der Waals surface area contributed by atoms with E-state index in [0.29, 0.717) is 5.92 Å². The van der Waals surface area contributed by atoms with Crippen LogP contribution in [0.15, 0.2) is 24.5 Å². The van der Waals surface area contributed by atoms with E-state index in [1.165, 1.54) is 5.56 Å². The maximum Gasteiger partial charge on any atom is 0.0270 e. The van der Waals surface area contributed by atoms with Gasteiger partial charge in [-0.2, -0.15) is 0 Å². The van der Waals surface area contributed by atoms with Crippen LogP contribution in [0.25, 0.3) is 0 Å². The van der Waals surface area contributed by atoms with E-state index in [1.54, 1.807) is 0 Å². The lowest BCUT2D eigenvalue weighted by molar-refractivity contribution is 0.522. The number of nitrogens with zero attached hydrogens (tertiary/aromatic N) is 1. The molecule has 2 heteroatoms. The monoisotopic (exact) mass is 178 g/mol. The van der Waals surface area contributed by atoms with Crippen LogP contribution in [0.4, 0.5) is 0 Å². The van der Waals surface area contributed by atoms with Gasteiger partial charge < -0.3 is 5.73 Å². The second-order valence-corrected chi connectivity index (χ2v) is 3.52. The first-order valence-electron chi connectivity index (χ1n) is 4.91. The standard InChI is InChI=1S/C11H18N2/c1-3-4-11(12)9(2)10-5-7-13-8-6-10/h5-9,11H,3-4,12H2,1-2H3. The molecule has 0 saturated carbocycles. The van der Waals surface area contributed by atoms with E-state index in [0.717, 1.165) is 12.8 Å². The average Bonchev–Trinajstić information content (AvgIpc) is 2.18. The molecule has 2 atom stereocenters. The van der Waals surface area contributed by atoms with Crippen molar-refractivity contribution in [3.8, 4) is 0 Å². The first-order valence-corrected chi connectivity index (χ1v) is 4.91. The SMILES string of the molecule is CCCC(N)C(C)c1ccncc1. The highest BCUT2D eigenvalue weighted by Gasteiger charge is 2.12. The Balaban J connectivity index is 2.62. The molecule has 1 aromatic rings. The molecule has 2 N–H and O–H groups in total. The molecule has 0 bridgehead atoms. The Morgan fingerprint density at radius 2 is 2.00 bits per heavy atom. The van der Waals surface area contributed by atoms with Crippen molar-refractivity contribution in [1.82, 2.24) is 4.98 Å². The molecule has 0 saturated heterocycles. The summed E-state index contributed by atoms with van der Waals surface area (Å²) in [6.07, 6.45) is 5.88. The molecule has 1 heterocycles. The van der Waals surface area contributed by atoms with E-state index in [2.05, 4.69) is 18.8 Å². The third-order valence-electron chi connectivity index (χ3n) is 2.50. The second-order valence-electron chi connectivity index (χ2n) is 3.52. The minimum Gasteiger partial charge on any atom is -0.327 e. The van der Waals surface area contributed by atoms with Crippen LogP contribution in [0.3, 0.4) is 0 Å². The molecule has 2 unspecified atom stereocenters. The minimum absolute atomic E-state index is 0.271. The van der Waals surface area contributed by atoms with Crippen LogP contribution >= 0.6 is 0 Å². The van der Waals surface area contributed by atoms with Crippen LogP contribution in [-0.2, 0) is 0 Å². The molecule has 13 heavy (non-hydrogen) atoms. The summed E-state index contributed by atoms with van der Waals surface area (Å²) in [6, 6.07) is 4.35. The Kier molecular flexibility index (Phi) is 3.90. The molecule has 1 aromatic heterocycles. The van der Waals surface area contributed by atoms with Crippen LogP contribution in [0, 0.1) is 0 Å². The smallest absolute Gasteiger partial charge is 0.0270 e. The van der Waals surface area contributed by atoms with Crippen molar-refractivity contribution in [2.45, 2.75) is 38.6 Å². The molecular formula is C11H18N2. The Morgan fingerprint density at radius 1 is 1.38 bits per heavy atom. The van der Waals surface area contributed by atoms with Crippen molar-refractivity contribution in [2.24, 2.45) is 5.73 Å². The lowest BCUT2D eigenvalue weighted by Crippen LogP contribution is -2.26. The van der Waals surface area contributed by atoms with Gasteiger partial charge in [-0.05, 0) is 30.0 Å². The van der Waals surface area contributed by atoms with Gasteiger partial charge in [0, 0.05) is 18.4 Å². The highest BCUT2D eigenvalue weighted by Crippen LogP contribution is 2.19. The van der Waals surface area contributed by atoms with Gasteiger partial charge in [0.05, 0.1) is 0 Å². The molecular weight excluding hydrogens is 160 g/mol. The third-order valence-corrected chi connectivity index (χ3v) is 2.50. The minimum atomic E-state index is 0.271. The van der Waals surface area contributed by atoms with Crippen LogP contribution in [0.1, 0.15) is 38.2 Å². The van der Waals surface area contributed by atoms with Gasteiger partial charge >= 0.3 is 0 Å². The highest BCUT2D eigenvalue weighted by molar-refractivity contribution is 5.16. The number of aromatic nitrogens is 1. The topological polar surface area (TPSA) is 38.9 Å². The normalized spacial score (nSPS) is 15.3. The van der Waals surface area contributed by atoms with Gasteiger partial charge in [-0.25, -0.2) is 0 Å². The molecule has 0 fully saturated rings. The Bertz CT molecular complexity index is 233. The van der Waals surface area contributed by atoms with Gasteiger partial charge in [-0.15, -0.1) is 0 Å². The molecule has 0 amide bonds. The Morgan fingerprint density at radius 3 is 2.54 bits per heavy atom. The van der Waals surface area contributed by atoms with Crippen molar-refractivity contribution >= 4 is 0 Å². The number of nitrogens with two attached hydrogens (primary N) is 1. The summed E-state index contributed by atoms with van der Waals surface area (Å²) in [7, 11) is 0. The number of hydrogen-bond donors (Lipinski definition) is 1. The largest absolute Gasteiger partial charge is 0.327 e. The Labute approximate surface area is 80.2 Å². The molecule has 0 radical (unpaired) electrons. The maximum absolute atomic E-state index is 6.04. The lowest BCUT2D eigenvalue weighted by Gasteiger charge is -2.19. The summed E-state index contributed by atoms with van der Waals surface area (Å²) in [5.74, 6) is 0.433. The van der Waals surface area contributed by atoms with E-state index in [1.807, 2.05) is 24.5 Å². The van der Waals surface area contributed by atoms with Gasteiger partial charge in [-0.1, -0.05) is 20.3 Å². The van der Waals surface area contributed by atoms with Gasteiger partial charge in [-0.3, -0.25) is 4.98 Å². The van der Waals surface area contributed by atoms with E-state index < -0.39 is 0 Å². The summed E-state index contributed by atoms with van der Waals surface area (Å²) in [6.45, 7) is 4.34. The average molecular weight is 178 g/mol. The maximum atomic E-state index is 6.04. The fraction of sp³-hybridized carbons (Fsp3) is 0.545. The fourth-order valence-electron chi connectivity index (χ4n) is 1.50. The molecule has 0 aliphatic heterocycles. The fourth-order valence-corrected chi connectivity index (χ4v) is 1.50. The molecule has 1 rings (SSSR count). The van der Waals surface area contributed by atoms with Crippen molar-refractivity contribution in [3.05, 3.63) is 30.1 Å². The van der Waals surface area contributed by atoms with Gasteiger partial charge in [0.1, 0.15) is 0 Å². The van der Waals surface area contributed by atoms with E-state index in [4.69, 9.17) is 5.73 Å². The van der Waals surface area contributed by atoms with Crippen molar-refractivity contribution in [3.63, 3.8) is 0 Å². The lowest BCUT2D eigenvalue weighted by atomic mass is 9.92. The first kappa shape index (κ1) is 10.2. The molecule has 72 valence electrons. The predicted molar refractivity (Wildman–Crippen MR) is 55.5 cm³/mol. The summed E-state index contributed by atoms with van der Waals surface area (Å²) < 4.78 is 0. The summed E-state index contributed by atoms with van der Waals surface area (Å²) in [5, 5.41) is 0. The molecule has 2 nitrogen and oxygen atoms in total. The van der Waals surface area contributed by atoms with Crippen LogP contribution in [0.2, 0.25) is 0 Å². The van der Waals surface area contributed by atoms with E-state index >= 15 is 0 Å². The molecule has 0 aliphatic rings. The quantitative estimate of drug-likeness (QED) is 0.768. The number of pyridine rings is 1. The highest BCUT2D eigenvalue weighted by atomic mass is 14.6. The zero-order chi connectivity index (χ0) is 9.68. The van der Waals surface area contributed by atoms with Crippen LogP contribution < -0.4 is 5.73 Å². The third kappa shape index (κ3) is 2.81. The summed E-state index contributed by atoms with van der Waals surface area (Å²) in [4.78, 5) is 3.99. The second kappa shape index (κ2) is 4.97. The van der Waals surface area contributed by atoms with Gasteiger partial charge in [0.25, 0.3) is 0 Å². The van der Waals surface area contributed by atoms with Crippen molar-refractivity contribution < 1.29 is 0 Å². The molecule has 0 aliphatic carbocycles. The van der Waals surface area contributed by atoms with E-state index in [-0.39, 0.29) is 6.04 Å². The van der Waals surface area contributed by atoms with Crippen molar-refractivity contribution in [2.75, 3.05) is 0 Å². The van der Waals surface area contributed by atoms with E-state index in [9.17, 15) is 0 Å². The predicted octanol–water partition coefficient (Wildman–Crippen LogP) is 2.31. The molecule has 0 aromatic carbocycles. The number of rotatable bonds is 4. The van der Waals surface area contributed by atoms with Crippen molar-refractivity contribution in [1.29, 1.82) is 0 Å². The first-order chi connectivity index (χ1) is 6.25. The zero-order valence-corrected chi connectivity index (χ0v) is 8.40. The zero-order valence-electron chi connectivity index (χ0n) is 8.40. The summed E-state index contributed by atoms with van der Waals surface area (Å²) in [5.41, 5.74) is 7.33. The molecule has 0 spiro atoms. The van der Waals surface area contributed by atoms with Crippen LogP contribution in [-0.4, -0.2) is 11.0 Å². The van der Waals surface area contributed by atoms with Gasteiger partial charge in [0.2, 0.25) is 0 Å². The summed E-state index contributed by atoms with van der Waals surface area (Å²) >= 11 is 0. The Hall–Kier alpha value is -0.890.